The van der Waals surface area contributed by atoms with Crippen LogP contribution in [0, 0.1) is 5.92 Å². The van der Waals surface area contributed by atoms with Crippen LogP contribution in [0.15, 0.2) is 64.1 Å². The topological polar surface area (TPSA) is 242 Å². The van der Waals surface area contributed by atoms with Gasteiger partial charge in [-0.1, -0.05) is 13.8 Å². The summed E-state index contributed by atoms with van der Waals surface area (Å²) in [6.45, 7) is 4.53. The molecule has 0 aromatic carbocycles. The summed E-state index contributed by atoms with van der Waals surface area (Å²) in [5, 5.41) is 5.80. The van der Waals surface area contributed by atoms with E-state index in [0.717, 1.165) is 19.4 Å². The number of fused-ring (bicyclic) bond motifs is 16. The molecule has 0 spiro atoms. The SMILES string of the molecule is CC(C)C1NC(=O)c2coc(n2)-c2coc(n2)-c2coc(n2)C(CCCC[NH3+])NC(=O)c2coc(n2)-c2coc(n2)-c2coc1n2. The first kappa shape index (κ1) is 28.9. The fraction of sp³-hybridized carbons (Fsp3) is 0.310. The molecule has 2 amide bonds. The van der Waals surface area contributed by atoms with Gasteiger partial charge < -0.3 is 42.9 Å². The lowest BCUT2D eigenvalue weighted by molar-refractivity contribution is -0.368. The third kappa shape index (κ3) is 5.58. The summed E-state index contributed by atoms with van der Waals surface area (Å²) in [7, 11) is 0. The van der Waals surface area contributed by atoms with Crippen molar-refractivity contribution in [3.05, 3.63) is 60.7 Å². The summed E-state index contributed by atoms with van der Waals surface area (Å²) in [6, 6.07) is -1.23. The molecule has 236 valence electrons. The second-order valence-corrected chi connectivity index (χ2v) is 10.9. The molecule has 12 bridgehead atoms. The number of carbonyl (C=O) groups excluding carboxylic acids is 2. The second-order valence-electron chi connectivity index (χ2n) is 10.9. The van der Waals surface area contributed by atoms with Crippen LogP contribution in [0.2, 0.25) is 0 Å². The minimum Gasteiger partial charge on any atom is -0.446 e. The number of quaternary nitrogens is 1. The lowest BCUT2D eigenvalue weighted by Crippen LogP contribution is -2.50. The molecule has 0 aliphatic carbocycles. The predicted octanol–water partition coefficient (Wildman–Crippen LogP) is 3.61. The van der Waals surface area contributed by atoms with Gasteiger partial charge in [0.15, 0.2) is 34.2 Å². The Hall–Kier alpha value is -5.84. The fourth-order valence-electron chi connectivity index (χ4n) is 4.79. The van der Waals surface area contributed by atoms with E-state index in [2.05, 4.69) is 46.3 Å². The van der Waals surface area contributed by atoms with Gasteiger partial charge in [-0.05, 0) is 25.2 Å². The number of unbranched alkanes of at least 4 members (excludes halogenated alkanes) is 1. The molecule has 2 unspecified atom stereocenters. The number of rotatable bonds is 5. The smallest absolute Gasteiger partial charge is 0.273 e. The highest BCUT2D eigenvalue weighted by molar-refractivity contribution is 5.93. The minimum absolute atomic E-state index is 0.0127. The van der Waals surface area contributed by atoms with Crippen LogP contribution >= 0.6 is 0 Å². The van der Waals surface area contributed by atoms with Gasteiger partial charge in [-0.3, -0.25) is 9.59 Å². The highest BCUT2D eigenvalue weighted by atomic mass is 16.4. The van der Waals surface area contributed by atoms with Crippen LogP contribution in [0.3, 0.4) is 0 Å². The Balaban J connectivity index is 1.26. The van der Waals surface area contributed by atoms with Crippen molar-refractivity contribution in [2.45, 2.75) is 45.2 Å². The molecule has 17 nitrogen and oxygen atoms in total. The molecule has 1 aliphatic heterocycles. The monoisotopic (exact) mass is 630 g/mol. The van der Waals surface area contributed by atoms with Crippen LogP contribution in [-0.2, 0) is 0 Å². The molecule has 17 heteroatoms. The van der Waals surface area contributed by atoms with E-state index in [4.69, 9.17) is 26.5 Å². The van der Waals surface area contributed by atoms with Crippen LogP contribution in [-0.4, -0.2) is 48.3 Å². The number of hydrogen-bond acceptors (Lipinski definition) is 14. The maximum atomic E-state index is 13.3. The van der Waals surface area contributed by atoms with E-state index in [9.17, 15) is 9.59 Å². The van der Waals surface area contributed by atoms with E-state index >= 15 is 0 Å². The van der Waals surface area contributed by atoms with E-state index in [1.54, 1.807) is 0 Å². The van der Waals surface area contributed by atoms with E-state index in [-0.39, 0.29) is 75.4 Å². The van der Waals surface area contributed by atoms with Gasteiger partial charge in [-0.25, -0.2) is 29.9 Å². The zero-order valence-corrected chi connectivity index (χ0v) is 24.7. The average Bonchev–Trinajstić information content (AvgIpc) is 3.88. The van der Waals surface area contributed by atoms with Crippen LogP contribution in [0.1, 0.15) is 78.0 Å². The summed E-state index contributed by atoms with van der Waals surface area (Å²) in [4.78, 5) is 52.9. The molecule has 46 heavy (non-hydrogen) atoms. The molecule has 0 saturated carbocycles. The van der Waals surface area contributed by atoms with E-state index < -0.39 is 23.9 Å². The molecule has 1 aliphatic rings. The number of oxazole rings is 6. The number of carbonyl (C=O) groups is 2. The van der Waals surface area contributed by atoms with Crippen molar-refractivity contribution in [2.75, 3.05) is 6.54 Å². The minimum atomic E-state index is -0.628. The van der Waals surface area contributed by atoms with Crippen molar-refractivity contribution >= 4 is 11.8 Å². The Morgan fingerprint density at radius 2 is 1.04 bits per heavy atom. The van der Waals surface area contributed by atoms with Gasteiger partial charge in [-0.2, -0.15) is 0 Å². The molecular formula is C29H28N9O8+. The zero-order chi connectivity index (χ0) is 31.8. The molecule has 0 saturated heterocycles. The number of aromatic nitrogens is 6. The third-order valence-electron chi connectivity index (χ3n) is 7.22. The molecule has 5 N–H and O–H groups in total. The number of amides is 2. The second kappa shape index (κ2) is 11.9. The molecule has 7 heterocycles. The van der Waals surface area contributed by atoms with Crippen LogP contribution in [0.5, 0.6) is 0 Å². The van der Waals surface area contributed by atoms with Crippen molar-refractivity contribution in [1.82, 2.24) is 40.5 Å². The van der Waals surface area contributed by atoms with Crippen molar-refractivity contribution in [3.8, 4) is 46.3 Å². The highest BCUT2D eigenvalue weighted by Gasteiger charge is 2.29. The molecule has 6 aromatic rings. The van der Waals surface area contributed by atoms with Crippen molar-refractivity contribution in [2.24, 2.45) is 5.92 Å². The summed E-state index contributed by atoms with van der Waals surface area (Å²) in [5.41, 5.74) is 4.95. The molecule has 0 fully saturated rings. The summed E-state index contributed by atoms with van der Waals surface area (Å²) >= 11 is 0. The summed E-state index contributed by atoms with van der Waals surface area (Å²) in [6.07, 6.45) is 9.94. The quantitative estimate of drug-likeness (QED) is 0.231. The molecule has 7 rings (SSSR count). The van der Waals surface area contributed by atoms with Gasteiger partial charge in [0.2, 0.25) is 35.3 Å². The number of hydrogen-bond donors (Lipinski definition) is 3. The molecule has 0 radical (unpaired) electrons. The standard InChI is InChI=1S/C29H27N9O8/c1-13(2)21-29-37-20(12-46-29)28-36-17(11-45-28)25-32-15(7-41-25)22(39)31-14(5-3-4-6-30)24-34-19(9-43-24)27-35-18(10-44-27)26-33-16(8-42-26)23(40)38-21/h7-14,21H,3-6,30H2,1-2H3,(H,31,39)(H,38,40)/p+1. The maximum absolute atomic E-state index is 13.3. The molecule has 6 aromatic heterocycles. The largest absolute Gasteiger partial charge is 0.446 e. The van der Waals surface area contributed by atoms with Gasteiger partial charge in [0.05, 0.1) is 6.54 Å². The van der Waals surface area contributed by atoms with E-state index in [0.29, 0.717) is 6.42 Å². The summed E-state index contributed by atoms with van der Waals surface area (Å²) in [5.74, 6) is -0.308. The Labute approximate surface area is 259 Å². The molecular weight excluding hydrogens is 602 g/mol. The lowest BCUT2D eigenvalue weighted by atomic mass is 10.0. The fourth-order valence-corrected chi connectivity index (χ4v) is 4.79. The maximum Gasteiger partial charge on any atom is 0.273 e. The van der Waals surface area contributed by atoms with Gasteiger partial charge >= 0.3 is 0 Å². The van der Waals surface area contributed by atoms with Gasteiger partial charge in [-0.15, -0.1) is 0 Å². The Bertz CT molecular complexity index is 1990. The van der Waals surface area contributed by atoms with Gasteiger partial charge in [0, 0.05) is 0 Å². The number of nitrogens with one attached hydrogen (secondary N) is 2. The normalized spacial score (nSPS) is 16.7. The van der Waals surface area contributed by atoms with Crippen molar-refractivity contribution in [1.29, 1.82) is 0 Å². The van der Waals surface area contributed by atoms with Crippen molar-refractivity contribution < 1.29 is 41.8 Å². The number of nitrogens with zero attached hydrogens (tertiary/aromatic N) is 6. The van der Waals surface area contributed by atoms with E-state index in [1.165, 1.54) is 37.6 Å². The Morgan fingerprint density at radius 1 is 0.609 bits per heavy atom. The lowest BCUT2D eigenvalue weighted by Gasteiger charge is -2.18. The predicted molar refractivity (Wildman–Crippen MR) is 152 cm³/mol. The first-order chi connectivity index (χ1) is 22.4. The zero-order valence-electron chi connectivity index (χ0n) is 24.7. The first-order valence-corrected chi connectivity index (χ1v) is 14.5. The average molecular weight is 631 g/mol. The van der Waals surface area contributed by atoms with Crippen molar-refractivity contribution in [3.63, 3.8) is 0 Å². The van der Waals surface area contributed by atoms with E-state index in [1.807, 2.05) is 13.8 Å². The van der Waals surface area contributed by atoms with Crippen LogP contribution in [0.4, 0.5) is 0 Å². The first-order valence-electron chi connectivity index (χ1n) is 14.5. The van der Waals surface area contributed by atoms with Gasteiger partial charge in [0.1, 0.15) is 49.7 Å². The molecule has 2 atom stereocenters. The van der Waals surface area contributed by atoms with Crippen LogP contribution in [0.25, 0.3) is 46.3 Å². The highest BCUT2D eigenvalue weighted by Crippen LogP contribution is 2.30. The summed E-state index contributed by atoms with van der Waals surface area (Å²) < 4.78 is 33.8. The third-order valence-corrected chi connectivity index (χ3v) is 7.22. The Morgan fingerprint density at radius 3 is 1.59 bits per heavy atom. The Kier molecular flexibility index (Phi) is 7.49. The van der Waals surface area contributed by atoms with Crippen LogP contribution < -0.4 is 16.4 Å². The van der Waals surface area contributed by atoms with Gasteiger partial charge in [0.25, 0.3) is 11.8 Å².